The second-order valence-electron chi connectivity index (χ2n) is 6.59. The molecule has 5 rings (SSSR count). The maximum Gasteiger partial charge on any atom is 0.166 e. The van der Waals surface area contributed by atoms with Crippen LogP contribution in [0.3, 0.4) is 0 Å². The van der Waals surface area contributed by atoms with Crippen LogP contribution in [0.4, 0.5) is 0 Å². The Hall–Kier alpha value is -3.29. The zero-order valence-electron chi connectivity index (χ0n) is 16.2. The van der Waals surface area contributed by atoms with E-state index in [2.05, 4.69) is 140 Å². The first-order valence-electron chi connectivity index (χ1n) is 9.75. The first-order chi connectivity index (χ1) is 14.4. The maximum atomic E-state index is 2.21. The van der Waals surface area contributed by atoms with E-state index < -0.39 is 0 Å². The number of hydrogen-bond donors (Lipinski definition) is 0. The van der Waals surface area contributed by atoms with Gasteiger partial charge in [-0.25, -0.2) is 0 Å². The Morgan fingerprint density at radius 1 is 0.276 bits per heavy atom. The highest BCUT2D eigenvalue weighted by molar-refractivity contribution is 7.97. The van der Waals surface area contributed by atoms with E-state index in [-0.39, 0.29) is 10.9 Å². The minimum absolute atomic E-state index is 0.0146. The van der Waals surface area contributed by atoms with Gasteiger partial charge in [-0.2, -0.15) is 0 Å². The molecule has 0 saturated heterocycles. The molecule has 0 heterocycles. The standard InChI is InChI=1S/C18H15S.C10H8/c1-4-10-16(11-5-1)19(17-12-6-2-7-13-17)18-14-8-3-9-15-18;1-2-6-10-8-4-3-7-9(10)5-1/h1-15H;1-8H/q+1;. The predicted octanol–water partition coefficient (Wildman–Crippen LogP) is 7.62. The SMILES string of the molecule is c1ccc([S+](c2ccccc2)c2ccccc2)cc1.c1ccc2ccccc2c1. The van der Waals surface area contributed by atoms with Gasteiger partial charge < -0.3 is 0 Å². The fourth-order valence-electron chi connectivity index (χ4n) is 3.21. The van der Waals surface area contributed by atoms with Gasteiger partial charge in [-0.1, -0.05) is 103 Å². The van der Waals surface area contributed by atoms with Crippen molar-refractivity contribution < 1.29 is 0 Å². The molecular weight excluding hydrogens is 368 g/mol. The minimum Gasteiger partial charge on any atom is -0.0619 e. The van der Waals surface area contributed by atoms with E-state index in [1.807, 2.05) is 0 Å². The number of benzene rings is 5. The average Bonchev–Trinajstić information content (AvgIpc) is 2.82. The van der Waals surface area contributed by atoms with Crippen molar-refractivity contribution in [2.24, 2.45) is 0 Å². The summed E-state index contributed by atoms with van der Waals surface area (Å²) in [6.45, 7) is 0. The Morgan fingerprint density at radius 2 is 0.517 bits per heavy atom. The van der Waals surface area contributed by atoms with Crippen LogP contribution >= 0.6 is 0 Å². The van der Waals surface area contributed by atoms with Crippen molar-refractivity contribution >= 4 is 21.7 Å². The largest absolute Gasteiger partial charge is 0.166 e. The molecule has 5 aromatic carbocycles. The molecule has 29 heavy (non-hydrogen) atoms. The third-order valence-corrected chi connectivity index (χ3v) is 6.83. The van der Waals surface area contributed by atoms with Crippen molar-refractivity contribution in [2.45, 2.75) is 14.7 Å². The Balaban J connectivity index is 0.000000171. The molecule has 0 aromatic heterocycles. The summed E-state index contributed by atoms with van der Waals surface area (Å²) in [6.07, 6.45) is 0. The Bertz CT molecular complexity index is 977. The summed E-state index contributed by atoms with van der Waals surface area (Å²) in [5.74, 6) is 0. The summed E-state index contributed by atoms with van der Waals surface area (Å²) in [4.78, 5) is 4.08. The summed E-state index contributed by atoms with van der Waals surface area (Å²) in [5, 5.41) is 2.62. The summed E-state index contributed by atoms with van der Waals surface area (Å²) in [6, 6.07) is 48.9. The average molecular weight is 392 g/mol. The Morgan fingerprint density at radius 3 is 0.793 bits per heavy atom. The lowest BCUT2D eigenvalue weighted by molar-refractivity contribution is 1.32. The Labute approximate surface area is 175 Å². The van der Waals surface area contributed by atoms with Gasteiger partial charge in [-0.3, -0.25) is 0 Å². The highest BCUT2D eigenvalue weighted by Crippen LogP contribution is 2.30. The van der Waals surface area contributed by atoms with E-state index in [0.29, 0.717) is 0 Å². The van der Waals surface area contributed by atoms with Crippen molar-refractivity contribution in [2.75, 3.05) is 0 Å². The van der Waals surface area contributed by atoms with Crippen LogP contribution < -0.4 is 0 Å². The lowest BCUT2D eigenvalue weighted by atomic mass is 10.1. The van der Waals surface area contributed by atoms with E-state index in [1.54, 1.807) is 0 Å². The molecule has 0 nitrogen and oxygen atoms in total. The van der Waals surface area contributed by atoms with Crippen LogP contribution in [0.5, 0.6) is 0 Å². The minimum atomic E-state index is -0.0146. The third-order valence-electron chi connectivity index (χ3n) is 4.60. The molecule has 0 aliphatic carbocycles. The molecular formula is C28H23S+. The van der Waals surface area contributed by atoms with Crippen LogP contribution in [-0.4, -0.2) is 0 Å². The highest BCUT2D eigenvalue weighted by Gasteiger charge is 2.27. The normalized spacial score (nSPS) is 10.4. The first-order valence-corrected chi connectivity index (χ1v) is 11.0. The lowest BCUT2D eigenvalue weighted by Crippen LogP contribution is -2.04. The lowest BCUT2D eigenvalue weighted by Gasteiger charge is -2.07. The molecule has 0 bridgehead atoms. The van der Waals surface area contributed by atoms with Crippen LogP contribution in [0.25, 0.3) is 10.8 Å². The molecule has 0 amide bonds. The molecule has 0 atom stereocenters. The molecule has 1 heteroatoms. The Kier molecular flexibility index (Phi) is 6.42. The van der Waals surface area contributed by atoms with Crippen molar-refractivity contribution in [1.82, 2.24) is 0 Å². The van der Waals surface area contributed by atoms with Gasteiger partial charge in [0.15, 0.2) is 14.7 Å². The molecule has 0 fully saturated rings. The summed E-state index contributed by atoms with van der Waals surface area (Å²) < 4.78 is 0. The van der Waals surface area contributed by atoms with Gasteiger partial charge in [0.05, 0.1) is 10.9 Å². The number of fused-ring (bicyclic) bond motifs is 1. The highest BCUT2D eigenvalue weighted by atomic mass is 32.2. The monoisotopic (exact) mass is 391 g/mol. The van der Waals surface area contributed by atoms with E-state index in [4.69, 9.17) is 0 Å². The van der Waals surface area contributed by atoms with Crippen LogP contribution in [-0.2, 0) is 10.9 Å². The van der Waals surface area contributed by atoms with Gasteiger partial charge in [0, 0.05) is 0 Å². The van der Waals surface area contributed by atoms with Crippen LogP contribution in [0.1, 0.15) is 0 Å². The topological polar surface area (TPSA) is 0 Å². The fraction of sp³-hybridized carbons (Fsp3) is 0. The number of rotatable bonds is 3. The van der Waals surface area contributed by atoms with Crippen LogP contribution in [0.15, 0.2) is 154 Å². The maximum absolute atomic E-state index is 2.21. The van der Waals surface area contributed by atoms with Gasteiger partial charge in [-0.15, -0.1) is 0 Å². The molecule has 0 spiro atoms. The van der Waals surface area contributed by atoms with Crippen molar-refractivity contribution in [1.29, 1.82) is 0 Å². The molecule has 140 valence electrons. The van der Waals surface area contributed by atoms with Gasteiger partial charge in [-0.05, 0) is 47.2 Å². The second-order valence-corrected chi connectivity index (χ2v) is 8.62. The van der Waals surface area contributed by atoms with E-state index in [1.165, 1.54) is 25.5 Å². The molecule has 0 radical (unpaired) electrons. The number of hydrogen-bond acceptors (Lipinski definition) is 0. The van der Waals surface area contributed by atoms with Gasteiger partial charge in [0.2, 0.25) is 0 Å². The summed E-state index contributed by atoms with van der Waals surface area (Å²) >= 11 is 0. The summed E-state index contributed by atoms with van der Waals surface area (Å²) in [7, 11) is -0.0146. The van der Waals surface area contributed by atoms with Crippen LogP contribution in [0.2, 0.25) is 0 Å². The second kappa shape index (κ2) is 9.77. The third kappa shape index (κ3) is 4.96. The van der Waals surface area contributed by atoms with Gasteiger partial charge in [0.1, 0.15) is 0 Å². The molecule has 5 aromatic rings. The summed E-state index contributed by atoms with van der Waals surface area (Å²) in [5.41, 5.74) is 0. The van der Waals surface area contributed by atoms with E-state index in [0.717, 1.165) is 0 Å². The predicted molar refractivity (Wildman–Crippen MR) is 125 cm³/mol. The quantitative estimate of drug-likeness (QED) is 0.277. The zero-order valence-corrected chi connectivity index (χ0v) is 17.0. The van der Waals surface area contributed by atoms with Crippen molar-refractivity contribution in [3.63, 3.8) is 0 Å². The van der Waals surface area contributed by atoms with Crippen LogP contribution in [0, 0.1) is 0 Å². The molecule has 0 saturated carbocycles. The van der Waals surface area contributed by atoms with Crippen molar-refractivity contribution in [3.8, 4) is 0 Å². The zero-order chi connectivity index (χ0) is 19.7. The van der Waals surface area contributed by atoms with E-state index >= 15 is 0 Å². The molecule has 0 aliphatic heterocycles. The molecule has 0 unspecified atom stereocenters. The van der Waals surface area contributed by atoms with E-state index in [9.17, 15) is 0 Å². The molecule has 0 N–H and O–H groups in total. The van der Waals surface area contributed by atoms with Crippen molar-refractivity contribution in [3.05, 3.63) is 140 Å². The fourth-order valence-corrected chi connectivity index (χ4v) is 5.32. The first kappa shape index (κ1) is 19.0. The smallest absolute Gasteiger partial charge is 0.0619 e. The van der Waals surface area contributed by atoms with Gasteiger partial charge in [0.25, 0.3) is 0 Å². The molecule has 0 aliphatic rings. The van der Waals surface area contributed by atoms with Gasteiger partial charge >= 0.3 is 0 Å².